The van der Waals surface area contributed by atoms with Gasteiger partial charge in [0.1, 0.15) is 0 Å². The predicted octanol–water partition coefficient (Wildman–Crippen LogP) is 4.83. The number of benzene rings is 1. The summed E-state index contributed by atoms with van der Waals surface area (Å²) in [6.45, 7) is 0. The molecule has 0 heterocycles. The average molecular weight is 280 g/mol. The molecule has 1 atom stereocenters. The number of rotatable bonds is 6. The Morgan fingerprint density at radius 1 is 1.21 bits per heavy atom. The lowest BCUT2D eigenvalue weighted by Gasteiger charge is -2.24. The van der Waals surface area contributed by atoms with Gasteiger partial charge in [0.15, 0.2) is 0 Å². The van der Waals surface area contributed by atoms with E-state index < -0.39 is 0 Å². The van der Waals surface area contributed by atoms with Crippen molar-refractivity contribution in [2.24, 2.45) is 5.92 Å². The lowest BCUT2D eigenvalue weighted by atomic mass is 9.84. The van der Waals surface area contributed by atoms with Gasteiger partial charge in [-0.05, 0) is 43.9 Å². The van der Waals surface area contributed by atoms with Crippen molar-refractivity contribution in [2.75, 3.05) is 7.05 Å². The first kappa shape index (κ1) is 14.9. The maximum Gasteiger partial charge on any atom is 0.0438 e. The van der Waals surface area contributed by atoms with Gasteiger partial charge < -0.3 is 5.32 Å². The van der Waals surface area contributed by atoms with E-state index in [4.69, 9.17) is 11.6 Å². The first-order chi connectivity index (χ1) is 9.29. The van der Waals surface area contributed by atoms with Crippen molar-refractivity contribution in [2.45, 2.75) is 57.4 Å². The molecule has 0 spiro atoms. The van der Waals surface area contributed by atoms with Gasteiger partial charge in [-0.25, -0.2) is 0 Å². The zero-order valence-electron chi connectivity index (χ0n) is 12.0. The molecule has 0 radical (unpaired) electrons. The molecule has 1 N–H and O–H groups in total. The van der Waals surface area contributed by atoms with Crippen LogP contribution >= 0.6 is 11.6 Å². The second-order valence-corrected chi connectivity index (χ2v) is 6.27. The normalized spacial score (nSPS) is 18.4. The van der Waals surface area contributed by atoms with E-state index in [1.165, 1.54) is 50.5 Å². The largest absolute Gasteiger partial charge is 0.317 e. The molecule has 1 aliphatic carbocycles. The molecule has 106 valence electrons. The van der Waals surface area contributed by atoms with Crippen molar-refractivity contribution in [3.8, 4) is 0 Å². The van der Waals surface area contributed by atoms with Gasteiger partial charge in [-0.2, -0.15) is 0 Å². The van der Waals surface area contributed by atoms with Crippen LogP contribution in [0.3, 0.4) is 0 Å². The first-order valence-corrected chi connectivity index (χ1v) is 8.08. The van der Waals surface area contributed by atoms with Crippen LogP contribution in [0.25, 0.3) is 0 Å². The Hall–Kier alpha value is -0.530. The summed E-state index contributed by atoms with van der Waals surface area (Å²) < 4.78 is 0. The van der Waals surface area contributed by atoms with Crippen LogP contribution in [0.2, 0.25) is 5.02 Å². The first-order valence-electron chi connectivity index (χ1n) is 7.70. The van der Waals surface area contributed by atoms with Gasteiger partial charge in [-0.1, -0.05) is 61.9 Å². The fourth-order valence-corrected chi connectivity index (χ4v) is 3.40. The van der Waals surface area contributed by atoms with Crippen LogP contribution in [0.5, 0.6) is 0 Å². The third kappa shape index (κ3) is 4.81. The fourth-order valence-electron chi connectivity index (χ4n) is 3.19. The molecular weight excluding hydrogens is 254 g/mol. The zero-order valence-corrected chi connectivity index (χ0v) is 12.8. The van der Waals surface area contributed by atoms with Crippen molar-refractivity contribution < 1.29 is 0 Å². The number of hydrogen-bond acceptors (Lipinski definition) is 1. The van der Waals surface area contributed by atoms with Crippen molar-refractivity contribution in [3.05, 3.63) is 34.9 Å². The van der Waals surface area contributed by atoms with Gasteiger partial charge in [0.2, 0.25) is 0 Å². The number of likely N-dealkylation sites (N-methyl/N-ethyl adjacent to an activating group) is 1. The van der Waals surface area contributed by atoms with Gasteiger partial charge in [0.05, 0.1) is 0 Å². The SMILES string of the molecule is CNC(CCC1CCCCC1)Cc1ccccc1Cl. The van der Waals surface area contributed by atoms with E-state index in [0.29, 0.717) is 6.04 Å². The van der Waals surface area contributed by atoms with E-state index in [1.54, 1.807) is 0 Å². The summed E-state index contributed by atoms with van der Waals surface area (Å²) in [6.07, 6.45) is 10.9. The van der Waals surface area contributed by atoms with Crippen molar-refractivity contribution in [3.63, 3.8) is 0 Å². The minimum absolute atomic E-state index is 0.557. The summed E-state index contributed by atoms with van der Waals surface area (Å²) in [5.41, 5.74) is 1.27. The second-order valence-electron chi connectivity index (χ2n) is 5.86. The number of hydrogen-bond donors (Lipinski definition) is 1. The lowest BCUT2D eigenvalue weighted by molar-refractivity contribution is 0.316. The average Bonchev–Trinajstić information content (AvgIpc) is 2.46. The highest BCUT2D eigenvalue weighted by Gasteiger charge is 2.16. The smallest absolute Gasteiger partial charge is 0.0438 e. The quantitative estimate of drug-likeness (QED) is 0.786. The van der Waals surface area contributed by atoms with Crippen LogP contribution in [0.1, 0.15) is 50.5 Å². The second kappa shape index (κ2) is 7.91. The molecule has 1 aromatic carbocycles. The highest BCUT2D eigenvalue weighted by atomic mass is 35.5. The molecular formula is C17H26ClN. The molecule has 0 saturated heterocycles. The minimum atomic E-state index is 0.557. The van der Waals surface area contributed by atoms with Crippen molar-refractivity contribution in [1.29, 1.82) is 0 Å². The van der Waals surface area contributed by atoms with Crippen LogP contribution in [-0.4, -0.2) is 13.1 Å². The van der Waals surface area contributed by atoms with Crippen LogP contribution < -0.4 is 5.32 Å². The van der Waals surface area contributed by atoms with Crippen molar-refractivity contribution >= 4 is 11.6 Å². The maximum atomic E-state index is 6.25. The summed E-state index contributed by atoms with van der Waals surface area (Å²) in [7, 11) is 2.07. The molecule has 2 heteroatoms. The predicted molar refractivity (Wildman–Crippen MR) is 83.8 cm³/mol. The Bertz CT molecular complexity index is 371. The molecule has 0 bridgehead atoms. The van der Waals surface area contributed by atoms with E-state index in [-0.39, 0.29) is 0 Å². The van der Waals surface area contributed by atoms with Crippen LogP contribution in [-0.2, 0) is 6.42 Å². The van der Waals surface area contributed by atoms with E-state index in [2.05, 4.69) is 24.5 Å². The number of nitrogens with one attached hydrogen (secondary N) is 1. The van der Waals surface area contributed by atoms with Crippen LogP contribution in [0.4, 0.5) is 0 Å². The molecule has 1 aliphatic rings. The third-order valence-corrected chi connectivity index (χ3v) is 4.85. The van der Waals surface area contributed by atoms with E-state index in [9.17, 15) is 0 Å². The standard InChI is InChI=1S/C17H26ClN/c1-19-16(12-11-14-7-3-2-4-8-14)13-15-9-5-6-10-17(15)18/h5-6,9-10,14,16,19H,2-4,7-8,11-13H2,1H3. The summed E-state index contributed by atoms with van der Waals surface area (Å²) in [6, 6.07) is 8.77. The molecule has 1 aromatic rings. The zero-order chi connectivity index (χ0) is 13.5. The summed E-state index contributed by atoms with van der Waals surface area (Å²) >= 11 is 6.25. The minimum Gasteiger partial charge on any atom is -0.317 e. The van der Waals surface area contributed by atoms with E-state index >= 15 is 0 Å². The van der Waals surface area contributed by atoms with Gasteiger partial charge in [0.25, 0.3) is 0 Å². The molecule has 1 nitrogen and oxygen atoms in total. The highest BCUT2D eigenvalue weighted by molar-refractivity contribution is 6.31. The third-order valence-electron chi connectivity index (χ3n) is 4.48. The number of halogens is 1. The molecule has 19 heavy (non-hydrogen) atoms. The Balaban J connectivity index is 1.81. The van der Waals surface area contributed by atoms with Crippen LogP contribution in [0.15, 0.2) is 24.3 Å². The highest BCUT2D eigenvalue weighted by Crippen LogP contribution is 2.28. The summed E-state index contributed by atoms with van der Waals surface area (Å²) in [5.74, 6) is 0.968. The Kier molecular flexibility index (Phi) is 6.19. The van der Waals surface area contributed by atoms with E-state index in [1.807, 2.05) is 12.1 Å². The molecule has 0 amide bonds. The monoisotopic (exact) mass is 279 g/mol. The lowest BCUT2D eigenvalue weighted by Crippen LogP contribution is -2.28. The van der Waals surface area contributed by atoms with Gasteiger partial charge in [-0.15, -0.1) is 0 Å². The fraction of sp³-hybridized carbons (Fsp3) is 0.647. The van der Waals surface area contributed by atoms with Gasteiger partial charge in [0, 0.05) is 11.1 Å². The Labute approximate surface area is 122 Å². The van der Waals surface area contributed by atoms with Gasteiger partial charge in [-0.3, -0.25) is 0 Å². The molecule has 1 saturated carbocycles. The van der Waals surface area contributed by atoms with Crippen LogP contribution in [0, 0.1) is 5.92 Å². The summed E-state index contributed by atoms with van der Waals surface area (Å²) in [4.78, 5) is 0. The summed E-state index contributed by atoms with van der Waals surface area (Å²) in [5, 5.41) is 4.36. The molecule has 0 aromatic heterocycles. The maximum absolute atomic E-state index is 6.25. The Morgan fingerprint density at radius 3 is 2.63 bits per heavy atom. The molecule has 1 fully saturated rings. The van der Waals surface area contributed by atoms with Gasteiger partial charge >= 0.3 is 0 Å². The molecule has 2 rings (SSSR count). The molecule has 1 unspecified atom stereocenters. The van der Waals surface area contributed by atoms with E-state index in [0.717, 1.165) is 17.4 Å². The Morgan fingerprint density at radius 2 is 1.95 bits per heavy atom. The van der Waals surface area contributed by atoms with Crippen molar-refractivity contribution in [1.82, 2.24) is 5.32 Å². The molecule has 0 aliphatic heterocycles. The topological polar surface area (TPSA) is 12.0 Å².